The molecule has 0 saturated heterocycles. The second-order valence-corrected chi connectivity index (χ2v) is 5.95. The van der Waals surface area contributed by atoms with Gasteiger partial charge in [-0.1, -0.05) is 23.7 Å². The second kappa shape index (κ2) is 8.58. The topological polar surface area (TPSA) is 73.9 Å². The van der Waals surface area contributed by atoms with Gasteiger partial charge in [0.05, 0.1) is 14.2 Å². The first-order valence-electron chi connectivity index (χ1n) is 7.86. The highest BCUT2D eigenvalue weighted by Crippen LogP contribution is 2.29. The summed E-state index contributed by atoms with van der Waals surface area (Å²) in [6.45, 7) is 3.34. The molecule has 0 spiro atoms. The van der Waals surface area contributed by atoms with Crippen molar-refractivity contribution in [3.05, 3.63) is 52.5 Å². The predicted molar refractivity (Wildman–Crippen MR) is 99.2 cm³/mol. The van der Waals surface area contributed by atoms with Crippen molar-refractivity contribution < 1.29 is 23.8 Å². The van der Waals surface area contributed by atoms with Crippen LogP contribution in [0.2, 0.25) is 5.02 Å². The molecule has 0 unspecified atom stereocenters. The molecule has 0 aliphatic heterocycles. The van der Waals surface area contributed by atoms with Crippen molar-refractivity contribution in [2.75, 3.05) is 19.5 Å². The highest BCUT2D eigenvalue weighted by Gasteiger charge is 2.24. The van der Waals surface area contributed by atoms with Crippen molar-refractivity contribution in [1.82, 2.24) is 0 Å². The Morgan fingerprint density at radius 3 is 2.23 bits per heavy atom. The Kier molecular flexibility index (Phi) is 6.46. The molecule has 138 valence electrons. The van der Waals surface area contributed by atoms with Gasteiger partial charge in [0.15, 0.2) is 6.10 Å². The van der Waals surface area contributed by atoms with E-state index in [-0.39, 0.29) is 5.56 Å². The van der Waals surface area contributed by atoms with E-state index in [1.165, 1.54) is 21.1 Å². The number of carbonyl (C=O) groups excluding carboxylic acids is 2. The van der Waals surface area contributed by atoms with Gasteiger partial charge >= 0.3 is 5.97 Å². The summed E-state index contributed by atoms with van der Waals surface area (Å²) in [5, 5.41) is 3.19. The zero-order valence-corrected chi connectivity index (χ0v) is 15.7. The molecule has 2 aromatic rings. The van der Waals surface area contributed by atoms with Crippen molar-refractivity contribution >= 4 is 29.2 Å². The average molecular weight is 378 g/mol. The molecule has 2 rings (SSSR count). The number of aryl methyl sites for hydroxylation is 1. The van der Waals surface area contributed by atoms with Gasteiger partial charge in [0.2, 0.25) is 0 Å². The summed E-state index contributed by atoms with van der Waals surface area (Å²) in [5.74, 6) is -0.601. The van der Waals surface area contributed by atoms with E-state index in [1.807, 2.05) is 6.92 Å². The van der Waals surface area contributed by atoms with Crippen LogP contribution in [0, 0.1) is 6.92 Å². The van der Waals surface area contributed by atoms with Crippen LogP contribution >= 0.6 is 11.6 Å². The summed E-state index contributed by atoms with van der Waals surface area (Å²) in [6, 6.07) is 10.0. The van der Waals surface area contributed by atoms with E-state index in [9.17, 15) is 9.59 Å². The SMILES string of the molecule is COc1cccc(OC)c1C(=O)O[C@@H](C)C(=O)Nc1ccc(C)c(Cl)c1. The maximum Gasteiger partial charge on any atom is 0.346 e. The number of amides is 1. The molecule has 1 amide bonds. The Labute approximate surface area is 157 Å². The molecule has 1 atom stereocenters. The molecular weight excluding hydrogens is 358 g/mol. The van der Waals surface area contributed by atoms with E-state index in [2.05, 4.69) is 5.32 Å². The van der Waals surface area contributed by atoms with Crippen molar-refractivity contribution in [2.24, 2.45) is 0 Å². The first kappa shape index (κ1) is 19.6. The number of methoxy groups -OCH3 is 2. The molecule has 26 heavy (non-hydrogen) atoms. The third-order valence-electron chi connectivity index (χ3n) is 3.72. The van der Waals surface area contributed by atoms with Crippen LogP contribution in [0.3, 0.4) is 0 Å². The number of anilines is 1. The number of esters is 1. The molecule has 0 fully saturated rings. The van der Waals surface area contributed by atoms with E-state index >= 15 is 0 Å². The zero-order chi connectivity index (χ0) is 19.3. The first-order chi connectivity index (χ1) is 12.4. The van der Waals surface area contributed by atoms with Gasteiger partial charge in [0.25, 0.3) is 5.91 Å². The maximum absolute atomic E-state index is 12.5. The van der Waals surface area contributed by atoms with Gasteiger partial charge in [0.1, 0.15) is 17.1 Å². The number of ether oxygens (including phenoxy) is 3. The zero-order valence-electron chi connectivity index (χ0n) is 15.0. The number of hydrogen-bond donors (Lipinski definition) is 1. The number of nitrogens with one attached hydrogen (secondary N) is 1. The van der Waals surface area contributed by atoms with Gasteiger partial charge in [-0.15, -0.1) is 0 Å². The lowest BCUT2D eigenvalue weighted by molar-refractivity contribution is -0.123. The average Bonchev–Trinajstić information content (AvgIpc) is 2.63. The molecule has 6 nitrogen and oxygen atoms in total. The molecule has 2 aromatic carbocycles. The summed E-state index contributed by atoms with van der Waals surface area (Å²) in [4.78, 5) is 24.8. The lowest BCUT2D eigenvalue weighted by Crippen LogP contribution is -2.30. The summed E-state index contributed by atoms with van der Waals surface area (Å²) in [5.41, 5.74) is 1.53. The maximum atomic E-state index is 12.5. The Hall–Kier alpha value is -2.73. The van der Waals surface area contributed by atoms with E-state index in [0.29, 0.717) is 22.2 Å². The Bertz CT molecular complexity index is 799. The van der Waals surface area contributed by atoms with Crippen LogP contribution in [0.15, 0.2) is 36.4 Å². The van der Waals surface area contributed by atoms with Gasteiger partial charge in [-0.25, -0.2) is 4.79 Å². The van der Waals surface area contributed by atoms with Gasteiger partial charge in [0, 0.05) is 10.7 Å². The molecule has 0 bridgehead atoms. The minimum atomic E-state index is -1.03. The number of benzene rings is 2. The fourth-order valence-electron chi connectivity index (χ4n) is 2.24. The van der Waals surface area contributed by atoms with Crippen LogP contribution in [-0.4, -0.2) is 32.2 Å². The minimum Gasteiger partial charge on any atom is -0.496 e. The molecule has 0 aliphatic rings. The fraction of sp³-hybridized carbons (Fsp3) is 0.263. The summed E-state index contributed by atoms with van der Waals surface area (Å²) >= 11 is 6.04. The smallest absolute Gasteiger partial charge is 0.346 e. The highest BCUT2D eigenvalue weighted by molar-refractivity contribution is 6.31. The second-order valence-electron chi connectivity index (χ2n) is 5.54. The largest absolute Gasteiger partial charge is 0.496 e. The first-order valence-corrected chi connectivity index (χ1v) is 8.24. The van der Waals surface area contributed by atoms with Crippen molar-refractivity contribution in [2.45, 2.75) is 20.0 Å². The lowest BCUT2D eigenvalue weighted by Gasteiger charge is -2.16. The van der Waals surface area contributed by atoms with Gasteiger partial charge in [-0.2, -0.15) is 0 Å². The van der Waals surface area contributed by atoms with Crippen LogP contribution in [0.5, 0.6) is 11.5 Å². The summed E-state index contributed by atoms with van der Waals surface area (Å²) in [7, 11) is 2.87. The molecular formula is C19H20ClNO5. The molecule has 7 heteroatoms. The third kappa shape index (κ3) is 4.46. The summed E-state index contributed by atoms with van der Waals surface area (Å²) < 4.78 is 15.6. The van der Waals surface area contributed by atoms with Crippen molar-refractivity contribution in [3.63, 3.8) is 0 Å². The number of carbonyl (C=O) groups is 2. The van der Waals surface area contributed by atoms with Crippen LogP contribution in [0.4, 0.5) is 5.69 Å². The van der Waals surface area contributed by atoms with Gasteiger partial charge < -0.3 is 19.5 Å². The highest BCUT2D eigenvalue weighted by atomic mass is 35.5. The Balaban J connectivity index is 2.11. The van der Waals surface area contributed by atoms with Crippen LogP contribution in [0.1, 0.15) is 22.8 Å². The quantitative estimate of drug-likeness (QED) is 0.774. The molecule has 0 radical (unpaired) electrons. The lowest BCUT2D eigenvalue weighted by atomic mass is 10.1. The van der Waals surface area contributed by atoms with Gasteiger partial charge in [-0.3, -0.25) is 4.79 Å². The van der Waals surface area contributed by atoms with E-state index in [1.54, 1.807) is 36.4 Å². The monoisotopic (exact) mass is 377 g/mol. The Morgan fingerprint density at radius 2 is 1.69 bits per heavy atom. The number of hydrogen-bond acceptors (Lipinski definition) is 5. The fourth-order valence-corrected chi connectivity index (χ4v) is 2.42. The molecule has 0 aliphatic carbocycles. The summed E-state index contributed by atoms with van der Waals surface area (Å²) in [6.07, 6.45) is -1.03. The van der Waals surface area contributed by atoms with Crippen LogP contribution in [-0.2, 0) is 9.53 Å². The predicted octanol–water partition coefficient (Wildman–Crippen LogP) is 3.85. The van der Waals surface area contributed by atoms with E-state index < -0.39 is 18.0 Å². The number of rotatable bonds is 6. The Morgan fingerprint density at radius 1 is 1.08 bits per heavy atom. The molecule has 0 saturated carbocycles. The van der Waals surface area contributed by atoms with Crippen LogP contribution in [0.25, 0.3) is 0 Å². The third-order valence-corrected chi connectivity index (χ3v) is 4.13. The van der Waals surface area contributed by atoms with Crippen molar-refractivity contribution in [1.29, 1.82) is 0 Å². The molecule has 1 N–H and O–H groups in total. The van der Waals surface area contributed by atoms with E-state index in [4.69, 9.17) is 25.8 Å². The normalized spacial score (nSPS) is 11.4. The molecule has 0 aromatic heterocycles. The van der Waals surface area contributed by atoms with Crippen molar-refractivity contribution in [3.8, 4) is 11.5 Å². The number of halogens is 1. The van der Waals surface area contributed by atoms with Crippen LogP contribution < -0.4 is 14.8 Å². The van der Waals surface area contributed by atoms with Gasteiger partial charge in [-0.05, 0) is 43.7 Å². The molecule has 0 heterocycles. The van der Waals surface area contributed by atoms with E-state index in [0.717, 1.165) is 5.56 Å². The minimum absolute atomic E-state index is 0.121. The standard InChI is InChI=1S/C19H20ClNO5/c1-11-8-9-13(10-14(11)20)21-18(22)12(2)26-19(23)17-15(24-3)6-5-7-16(17)25-4/h5-10,12H,1-4H3,(H,21,22)/t12-/m0/s1.